The summed E-state index contributed by atoms with van der Waals surface area (Å²) in [7, 11) is 0. The van der Waals surface area contributed by atoms with E-state index in [1.807, 2.05) is 31.9 Å². The molecule has 0 aliphatic carbocycles. The lowest BCUT2D eigenvalue weighted by molar-refractivity contribution is -0.534. The lowest BCUT2D eigenvalue weighted by Gasteiger charge is -2.42. The van der Waals surface area contributed by atoms with Crippen LogP contribution in [-0.2, 0) is 70.2 Å². The van der Waals surface area contributed by atoms with E-state index in [0.29, 0.717) is 147 Å². The molecule has 0 radical (unpaired) electrons. The van der Waals surface area contributed by atoms with Crippen LogP contribution in [0.2, 0.25) is 0 Å². The van der Waals surface area contributed by atoms with Crippen molar-refractivity contribution in [2.45, 2.75) is 286 Å². The van der Waals surface area contributed by atoms with E-state index >= 15 is 0 Å². The van der Waals surface area contributed by atoms with Gasteiger partial charge in [-0.1, -0.05) is 39.3 Å². The van der Waals surface area contributed by atoms with Gasteiger partial charge in [0, 0.05) is 135 Å². The fourth-order valence-electron chi connectivity index (χ4n) is 13.8. The molecule has 3 amide bonds. The summed E-state index contributed by atoms with van der Waals surface area (Å²) in [5.41, 5.74) is 15.4. The van der Waals surface area contributed by atoms with Crippen LogP contribution in [-0.4, -0.2) is 365 Å². The van der Waals surface area contributed by atoms with Crippen LogP contribution in [0, 0.1) is 22.3 Å². The van der Waals surface area contributed by atoms with Gasteiger partial charge in [-0.15, -0.1) is 9.78 Å². The van der Waals surface area contributed by atoms with E-state index in [-0.39, 0.29) is 57.6 Å². The number of aliphatic imine (C=N–C) groups is 1. The summed E-state index contributed by atoms with van der Waals surface area (Å²) in [5.74, 6) is 11.0. The molecule has 0 saturated carbocycles. The minimum absolute atomic E-state index is 0.0304. The Morgan fingerprint density at radius 2 is 1.08 bits per heavy atom. The first-order chi connectivity index (χ1) is 54.2. The average molecular weight is 1630 g/mol. The van der Waals surface area contributed by atoms with Gasteiger partial charge in [0.1, 0.15) is 97.0 Å². The zero-order valence-corrected chi connectivity index (χ0v) is 67.2. The number of carbonyl (C=O) groups excluding carboxylic acids is 4. The number of aliphatic hydroxyl groups excluding tert-OH is 12. The number of amides is 3. The summed E-state index contributed by atoms with van der Waals surface area (Å²) in [6, 6.07) is -4.86. The third-order valence-electron chi connectivity index (χ3n) is 20.1. The van der Waals surface area contributed by atoms with E-state index in [2.05, 4.69) is 41.3 Å². The van der Waals surface area contributed by atoms with Crippen LogP contribution in [0.1, 0.15) is 150 Å². The number of rotatable bonds is 54. The van der Waals surface area contributed by atoms with Crippen molar-refractivity contribution in [3.05, 3.63) is 23.8 Å². The first kappa shape index (κ1) is 98.6. The lowest BCUT2D eigenvalue weighted by atomic mass is 9.83. The van der Waals surface area contributed by atoms with Gasteiger partial charge in [0.25, 0.3) is 0 Å². The molecule has 1 aromatic rings. The van der Waals surface area contributed by atoms with Crippen LogP contribution in [0.4, 0.5) is 0 Å². The number of hydrazine groups is 2. The van der Waals surface area contributed by atoms with Crippen molar-refractivity contribution < 1.29 is 123 Å². The van der Waals surface area contributed by atoms with Gasteiger partial charge in [0.15, 0.2) is 37.5 Å². The smallest absolute Gasteiger partial charge is 0.217 e. The van der Waals surface area contributed by atoms with Crippen LogP contribution in [0.3, 0.4) is 0 Å². The molecular weight excluding hydrogens is 1500 g/mol. The summed E-state index contributed by atoms with van der Waals surface area (Å²) in [6.07, 6.45) is -4.51. The monoisotopic (exact) mass is 1630 g/mol. The number of aliphatic hydroxyl groups is 12. The third kappa shape index (κ3) is 33.1. The molecule has 41 nitrogen and oxygen atoms in total. The maximum atomic E-state index is 14.9. The maximum absolute atomic E-state index is 14.9. The molecule has 41 heteroatoms. The number of nitrogens with one attached hydrogen (secondary N) is 5. The SMILES string of the molecule is CC(=O)N[C@H]1[C@H](OCCCCCN(N)/C=C(\N)CN(CCCC[C@@H](C(=O)C(C)(C)C)N(CC(=N)C=[N+](N)CCCCCO[C@@H]2O[C@H](CO)[C@H](O)[C@H](O)[C@H]2NC(C)=O)CC(C=NCCCCCO[C@@H]2O[C@H](CO)[C@H](O)[C@H](O)[C@H]2C)N=N)Cc2cn(CCCCCO[C@@H]3O[C@H](CO)[C@H](O)[C@H](O)[C@H]3NC(C)=O)nn2)O[C@H](CO)[C@H](O)[C@@H]1O. The second-order valence-corrected chi connectivity index (χ2v) is 30.9. The van der Waals surface area contributed by atoms with E-state index in [4.69, 9.17) is 60.8 Å². The molecule has 0 bridgehead atoms. The fourth-order valence-corrected chi connectivity index (χ4v) is 13.8. The second-order valence-electron chi connectivity index (χ2n) is 30.9. The third-order valence-corrected chi connectivity index (χ3v) is 20.1. The molecule has 5 rings (SSSR count). The molecule has 1 unspecified atom stereocenters. The molecule has 4 aliphatic rings. The van der Waals surface area contributed by atoms with Gasteiger partial charge in [-0.2, -0.15) is 5.11 Å². The van der Waals surface area contributed by atoms with E-state index in [1.54, 1.807) is 24.0 Å². The average Bonchev–Trinajstić information content (AvgIpc) is 0.867. The number of nitrogens with two attached hydrogens (primary N) is 3. The number of Topliss-reactive ketones (excluding diaryl/α,β-unsaturated/α-hetero) is 1. The predicted molar refractivity (Wildman–Crippen MR) is 410 cm³/mol. The molecule has 5 heterocycles. The minimum atomic E-state index is -1.46. The van der Waals surface area contributed by atoms with Crippen molar-refractivity contribution in [2.24, 2.45) is 38.9 Å². The Balaban J connectivity index is 1.29. The Morgan fingerprint density at radius 3 is 1.55 bits per heavy atom. The van der Waals surface area contributed by atoms with Gasteiger partial charge in [0.05, 0.1) is 44.3 Å². The number of nitrogens with zero attached hydrogens (tertiary/aromatic N) is 9. The molecule has 1 aromatic heterocycles. The number of unbranched alkanes of at least 4 members (excludes halogenated alkanes) is 9. The van der Waals surface area contributed by atoms with Crippen molar-refractivity contribution in [2.75, 3.05) is 98.7 Å². The van der Waals surface area contributed by atoms with Crippen molar-refractivity contribution in [1.29, 1.82) is 10.9 Å². The van der Waals surface area contributed by atoms with Crippen LogP contribution in [0.5, 0.6) is 0 Å². The topological polar surface area (TPSA) is 615 Å². The van der Waals surface area contributed by atoms with E-state index < -0.39 is 184 Å². The fraction of sp³-hybridized carbons (Fsp3) is 0.849. The van der Waals surface area contributed by atoms with Crippen molar-refractivity contribution in [3.8, 4) is 0 Å². The van der Waals surface area contributed by atoms with Crippen LogP contribution in [0.15, 0.2) is 28.2 Å². The Kier molecular flexibility index (Phi) is 44.5. The number of hydrogen-bond donors (Lipinski definition) is 20. The van der Waals surface area contributed by atoms with Crippen molar-refractivity contribution >= 4 is 41.6 Å². The highest BCUT2D eigenvalue weighted by Crippen LogP contribution is 2.30. The molecule has 4 fully saturated rings. The maximum Gasteiger partial charge on any atom is 0.217 e. The first-order valence-corrected chi connectivity index (χ1v) is 39.7. The number of aromatic nitrogens is 3. The summed E-state index contributed by atoms with van der Waals surface area (Å²) in [6.45, 7) is 12.0. The van der Waals surface area contributed by atoms with Crippen LogP contribution >= 0.6 is 0 Å². The van der Waals surface area contributed by atoms with Gasteiger partial charge >= 0.3 is 0 Å². The second kappa shape index (κ2) is 51.4. The minimum Gasteiger partial charge on any atom is -0.400 e. The Labute approximate surface area is 666 Å². The predicted octanol–water partition coefficient (Wildman–Crippen LogP) is -4.39. The van der Waals surface area contributed by atoms with Gasteiger partial charge < -0.3 is 126 Å². The number of ketones is 1. The number of ether oxygens (including phenoxy) is 8. The van der Waals surface area contributed by atoms with E-state index in [0.717, 1.165) is 0 Å². The highest BCUT2D eigenvalue weighted by Gasteiger charge is 2.49. The molecule has 23 N–H and O–H groups in total. The Bertz CT molecular complexity index is 3090. The lowest BCUT2D eigenvalue weighted by Crippen LogP contribution is -2.64. The molecule has 0 spiro atoms. The first-order valence-electron chi connectivity index (χ1n) is 39.7. The van der Waals surface area contributed by atoms with Gasteiger partial charge in [-0.05, 0) is 90.0 Å². The molecular formula is C73H134N17O24+. The summed E-state index contributed by atoms with van der Waals surface area (Å²) < 4.78 is 49.4. The zero-order valence-electron chi connectivity index (χ0n) is 67.2. The van der Waals surface area contributed by atoms with E-state index in [9.17, 15) is 85.9 Å². The molecule has 0 aromatic carbocycles. The van der Waals surface area contributed by atoms with Crippen molar-refractivity contribution in [1.82, 2.24) is 45.8 Å². The highest BCUT2D eigenvalue weighted by atomic mass is 16.7. The molecule has 114 heavy (non-hydrogen) atoms. The van der Waals surface area contributed by atoms with Gasteiger partial charge in [0.2, 0.25) is 23.9 Å². The van der Waals surface area contributed by atoms with Gasteiger partial charge in [-0.25, -0.2) is 17.2 Å². The van der Waals surface area contributed by atoms with Crippen LogP contribution in [0.25, 0.3) is 0 Å². The van der Waals surface area contributed by atoms with Crippen LogP contribution < -0.4 is 33.4 Å². The van der Waals surface area contributed by atoms with Gasteiger partial charge in [-0.3, -0.25) is 44.1 Å². The number of hydrogen-bond acceptors (Lipinski definition) is 36. The number of hydrazone groups is 1. The largest absolute Gasteiger partial charge is 0.400 e. The zero-order chi connectivity index (χ0) is 84.2. The summed E-state index contributed by atoms with van der Waals surface area (Å²) in [4.78, 5) is 59.3. The quantitative estimate of drug-likeness (QED) is 0.00731. The van der Waals surface area contributed by atoms with Crippen molar-refractivity contribution in [3.63, 3.8) is 0 Å². The molecule has 654 valence electrons. The Morgan fingerprint density at radius 1 is 0.632 bits per heavy atom. The summed E-state index contributed by atoms with van der Waals surface area (Å²) >= 11 is 0. The molecule has 22 atom stereocenters. The number of aryl methyl sites for hydroxylation is 1. The highest BCUT2D eigenvalue weighted by molar-refractivity contribution is 6.28. The standard InChI is InChI=1S/C73H133N17O24/c1-44-60(98)61(99)53(40-91)111-69(44)107-28-18-8-13-23-79-32-50(83-76)38-87(34-49(75)36-89(78)26-15-10-20-30-109-71-58(81-46(3)96)66(104)63(101)55(42-93)113-71)52(68(106)73(5,6)7)22-12-17-24-86(33-48(74)35-88(77)25-14-9-19-29-108-70-57(80-45(2)95)65(103)62(100)54(41-92)112-70)37-51-39-90(85-84-51)27-16-11-21-31-110-72-59(82-47(4)97)67(105)64(102)56(43-94)114-72/h32,35-36,39,44,50,52-67,69-72,76,91-94,98-105H,8-31,33-34,37-38,40-43,74,77H2,1-7H3,(H5-,75,78,80,81,82,95,96,97)/p+1/b48-35-,79-32?,83-76?/t44-,50?,52+,53-,54-,55-,56-,57-,58-,59-,60-,61+,62+,63+,64+,65-,66-,67-,69-,70-,71-,72-/m1/s1. The van der Waals surface area contributed by atoms with E-state index in [1.165, 1.54) is 36.7 Å². The Hall–Kier alpha value is -5.95. The number of carbonyl (C=O) groups is 4. The molecule has 4 aliphatic heterocycles. The normalized spacial score (nSPS) is 29.0. The molecule has 4 saturated heterocycles. The summed E-state index contributed by atoms with van der Waals surface area (Å²) in [5, 5.41) is 154.